The molecule has 0 aromatic heterocycles. The summed E-state index contributed by atoms with van der Waals surface area (Å²) >= 11 is 0. The molecule has 0 radical (unpaired) electrons. The highest BCUT2D eigenvalue weighted by Crippen LogP contribution is 2.32. The van der Waals surface area contributed by atoms with Gasteiger partial charge in [-0.25, -0.2) is 0 Å². The highest BCUT2D eigenvalue weighted by atomic mass is 16.6. The molecule has 5 nitrogen and oxygen atoms in total. The van der Waals surface area contributed by atoms with Gasteiger partial charge in [-0.2, -0.15) is 0 Å². The number of non-ortho nitro benzene ring substituents is 1. The van der Waals surface area contributed by atoms with Gasteiger partial charge in [0.05, 0.1) is 4.92 Å². The van der Waals surface area contributed by atoms with Crippen molar-refractivity contribution in [1.29, 1.82) is 0 Å². The van der Waals surface area contributed by atoms with Gasteiger partial charge in [0, 0.05) is 36.6 Å². The summed E-state index contributed by atoms with van der Waals surface area (Å²) < 4.78 is 0. The lowest BCUT2D eigenvalue weighted by Gasteiger charge is -2.32. The van der Waals surface area contributed by atoms with Crippen LogP contribution >= 0.6 is 0 Å². The van der Waals surface area contributed by atoms with Crippen molar-refractivity contribution in [3.8, 4) is 0 Å². The van der Waals surface area contributed by atoms with E-state index in [1.54, 1.807) is 19.2 Å². The van der Waals surface area contributed by atoms with E-state index in [2.05, 4.69) is 17.6 Å². The molecule has 1 fully saturated rings. The van der Waals surface area contributed by atoms with Crippen LogP contribution in [0, 0.1) is 16.0 Å². The number of rotatable bonds is 5. The molecule has 0 amide bonds. The lowest BCUT2D eigenvalue weighted by atomic mass is 9.80. The van der Waals surface area contributed by atoms with Crippen LogP contribution in [0.1, 0.15) is 26.2 Å². The minimum Gasteiger partial charge on any atom is -0.388 e. The fraction of sp³-hybridized carbons (Fsp3) is 0.538. The van der Waals surface area contributed by atoms with Gasteiger partial charge >= 0.3 is 0 Å². The van der Waals surface area contributed by atoms with E-state index in [4.69, 9.17) is 0 Å². The summed E-state index contributed by atoms with van der Waals surface area (Å²) in [6.07, 6.45) is 3.80. The lowest BCUT2D eigenvalue weighted by Crippen LogP contribution is -2.30. The molecule has 1 unspecified atom stereocenters. The van der Waals surface area contributed by atoms with E-state index < -0.39 is 0 Å². The summed E-state index contributed by atoms with van der Waals surface area (Å²) in [5, 5.41) is 17.2. The minimum atomic E-state index is -0.361. The Labute approximate surface area is 107 Å². The van der Waals surface area contributed by atoms with E-state index in [1.165, 1.54) is 19.3 Å². The second-order valence-electron chi connectivity index (χ2n) is 4.90. The summed E-state index contributed by atoms with van der Waals surface area (Å²) in [4.78, 5) is 10.5. The van der Waals surface area contributed by atoms with E-state index in [-0.39, 0.29) is 10.6 Å². The summed E-state index contributed by atoms with van der Waals surface area (Å²) in [5.74, 6) is 0.697. The molecular formula is C13H19N3O2. The normalized spacial score (nSPS) is 16.8. The largest absolute Gasteiger partial charge is 0.388 e. The minimum absolute atomic E-state index is 0.116. The van der Waals surface area contributed by atoms with Crippen LogP contribution in [-0.2, 0) is 0 Å². The first-order valence-electron chi connectivity index (χ1n) is 6.34. The average Bonchev–Trinajstić information content (AvgIpc) is 2.25. The second-order valence-corrected chi connectivity index (χ2v) is 4.90. The molecule has 1 atom stereocenters. The number of nitro benzene ring substituents is 1. The Hall–Kier alpha value is -1.78. The Bertz CT molecular complexity index is 444. The quantitative estimate of drug-likeness (QED) is 0.621. The van der Waals surface area contributed by atoms with Gasteiger partial charge in [0.15, 0.2) is 0 Å². The van der Waals surface area contributed by atoms with Crippen molar-refractivity contribution in [1.82, 2.24) is 0 Å². The predicted octanol–water partition coefficient (Wildman–Crippen LogP) is 3.24. The van der Waals surface area contributed by atoms with Crippen LogP contribution in [0.3, 0.4) is 0 Å². The predicted molar refractivity (Wildman–Crippen MR) is 73.1 cm³/mol. The smallest absolute Gasteiger partial charge is 0.273 e. The zero-order chi connectivity index (χ0) is 13.1. The molecule has 0 spiro atoms. The Kier molecular flexibility index (Phi) is 3.69. The fourth-order valence-corrected chi connectivity index (χ4v) is 2.26. The van der Waals surface area contributed by atoms with Crippen LogP contribution < -0.4 is 10.6 Å². The number of anilines is 2. The fourth-order valence-electron chi connectivity index (χ4n) is 2.26. The van der Waals surface area contributed by atoms with E-state index in [0.29, 0.717) is 12.0 Å². The lowest BCUT2D eigenvalue weighted by molar-refractivity contribution is -0.384. The van der Waals surface area contributed by atoms with Crippen molar-refractivity contribution in [2.45, 2.75) is 32.2 Å². The van der Waals surface area contributed by atoms with Crippen LogP contribution in [0.5, 0.6) is 0 Å². The van der Waals surface area contributed by atoms with Crippen molar-refractivity contribution in [3.63, 3.8) is 0 Å². The Balaban J connectivity index is 2.15. The number of hydrogen-bond donors (Lipinski definition) is 2. The van der Waals surface area contributed by atoms with E-state index in [0.717, 1.165) is 11.4 Å². The molecule has 0 bridgehead atoms. The van der Waals surface area contributed by atoms with Crippen LogP contribution in [0.25, 0.3) is 0 Å². The molecule has 0 aliphatic heterocycles. The van der Waals surface area contributed by atoms with Gasteiger partial charge in [-0.15, -0.1) is 0 Å². The average molecular weight is 249 g/mol. The van der Waals surface area contributed by atoms with Crippen molar-refractivity contribution in [2.75, 3.05) is 17.7 Å². The Morgan fingerprint density at radius 3 is 2.50 bits per heavy atom. The van der Waals surface area contributed by atoms with E-state index >= 15 is 0 Å². The zero-order valence-corrected chi connectivity index (χ0v) is 10.8. The number of nitro groups is 1. The van der Waals surface area contributed by atoms with Crippen molar-refractivity contribution in [3.05, 3.63) is 28.3 Å². The third-order valence-corrected chi connectivity index (χ3v) is 3.67. The Morgan fingerprint density at radius 1 is 1.33 bits per heavy atom. The SMILES string of the molecule is CNc1cc(NC(C)C2CCC2)cc([N+](=O)[O-])c1. The van der Waals surface area contributed by atoms with Gasteiger partial charge in [0.2, 0.25) is 0 Å². The van der Waals surface area contributed by atoms with Gasteiger partial charge in [-0.05, 0) is 31.7 Å². The number of nitrogens with zero attached hydrogens (tertiary/aromatic N) is 1. The third kappa shape index (κ3) is 2.72. The summed E-state index contributed by atoms with van der Waals surface area (Å²) in [7, 11) is 1.76. The standard InChI is InChI=1S/C13H19N3O2/c1-9(10-4-3-5-10)15-12-6-11(14-2)7-13(8-12)16(17)18/h6-10,14-15H,3-5H2,1-2H3. The second kappa shape index (κ2) is 5.25. The van der Waals surface area contributed by atoms with Crippen LogP contribution in [0.4, 0.5) is 17.1 Å². The maximum atomic E-state index is 10.9. The molecule has 1 aliphatic carbocycles. The highest BCUT2D eigenvalue weighted by molar-refractivity contribution is 5.63. The molecule has 5 heteroatoms. The Morgan fingerprint density at radius 2 is 2.00 bits per heavy atom. The number of hydrogen-bond acceptors (Lipinski definition) is 4. The highest BCUT2D eigenvalue weighted by Gasteiger charge is 2.24. The molecule has 0 heterocycles. The first kappa shape index (κ1) is 12.7. The molecule has 1 aromatic rings. The molecule has 1 aromatic carbocycles. The van der Waals surface area contributed by atoms with Crippen molar-refractivity contribution < 1.29 is 4.92 Å². The summed E-state index contributed by atoms with van der Waals surface area (Å²) in [5.41, 5.74) is 1.69. The van der Waals surface area contributed by atoms with Crippen molar-refractivity contribution >= 4 is 17.1 Å². The molecule has 2 rings (SSSR count). The maximum absolute atomic E-state index is 10.9. The van der Waals surface area contributed by atoms with E-state index in [1.807, 2.05) is 6.07 Å². The first-order valence-corrected chi connectivity index (χ1v) is 6.34. The van der Waals surface area contributed by atoms with Crippen LogP contribution in [-0.4, -0.2) is 18.0 Å². The van der Waals surface area contributed by atoms with Gasteiger partial charge in [0.25, 0.3) is 5.69 Å². The summed E-state index contributed by atoms with van der Waals surface area (Å²) in [6.45, 7) is 2.14. The molecule has 98 valence electrons. The molecule has 1 saturated carbocycles. The molecule has 1 aliphatic rings. The molecule has 0 saturated heterocycles. The summed E-state index contributed by atoms with van der Waals surface area (Å²) in [6, 6.07) is 5.41. The number of nitrogens with one attached hydrogen (secondary N) is 2. The third-order valence-electron chi connectivity index (χ3n) is 3.67. The van der Waals surface area contributed by atoms with Crippen molar-refractivity contribution in [2.24, 2.45) is 5.92 Å². The molecular weight excluding hydrogens is 230 g/mol. The van der Waals surface area contributed by atoms with Gasteiger partial charge in [-0.1, -0.05) is 6.42 Å². The first-order chi connectivity index (χ1) is 8.60. The van der Waals surface area contributed by atoms with E-state index in [9.17, 15) is 10.1 Å². The van der Waals surface area contributed by atoms with Crippen LogP contribution in [0.2, 0.25) is 0 Å². The molecule has 2 N–H and O–H groups in total. The monoisotopic (exact) mass is 249 g/mol. The van der Waals surface area contributed by atoms with Gasteiger partial charge in [0.1, 0.15) is 0 Å². The number of benzene rings is 1. The molecule has 18 heavy (non-hydrogen) atoms. The van der Waals surface area contributed by atoms with Gasteiger partial charge in [-0.3, -0.25) is 10.1 Å². The maximum Gasteiger partial charge on any atom is 0.273 e. The zero-order valence-electron chi connectivity index (χ0n) is 10.8. The van der Waals surface area contributed by atoms with Crippen LogP contribution in [0.15, 0.2) is 18.2 Å². The topological polar surface area (TPSA) is 67.2 Å². The van der Waals surface area contributed by atoms with Gasteiger partial charge < -0.3 is 10.6 Å².